The van der Waals surface area contributed by atoms with Gasteiger partial charge in [-0.25, -0.2) is 0 Å². The lowest BCUT2D eigenvalue weighted by Crippen LogP contribution is -2.40. The van der Waals surface area contributed by atoms with Crippen LogP contribution in [0.1, 0.15) is 31.2 Å². The Bertz CT molecular complexity index is 479. The molecule has 0 amide bonds. The third kappa shape index (κ3) is 3.69. The summed E-state index contributed by atoms with van der Waals surface area (Å²) in [6, 6.07) is 5.34. The van der Waals surface area contributed by atoms with Gasteiger partial charge in [0, 0.05) is 29.2 Å². The Kier molecular flexibility index (Phi) is 5.34. The normalized spacial score (nSPS) is 20.0. The van der Waals surface area contributed by atoms with E-state index in [1.54, 1.807) is 12.1 Å². The maximum Gasteiger partial charge on any atom is 0.275 e. The molecule has 1 fully saturated rings. The predicted molar refractivity (Wildman–Crippen MR) is 79.8 cm³/mol. The number of nitrogens with zero attached hydrogens (tertiary/aromatic N) is 2. The van der Waals surface area contributed by atoms with E-state index in [9.17, 15) is 10.1 Å². The second-order valence-corrected chi connectivity index (χ2v) is 5.66. The monoisotopic (exact) mass is 297 g/mol. The van der Waals surface area contributed by atoms with Crippen LogP contribution in [0.15, 0.2) is 18.2 Å². The van der Waals surface area contributed by atoms with E-state index in [1.165, 1.54) is 12.5 Å². The fourth-order valence-corrected chi connectivity index (χ4v) is 3.01. The summed E-state index contributed by atoms with van der Waals surface area (Å²) in [5.74, 6) is 0. The van der Waals surface area contributed by atoms with Gasteiger partial charge in [-0.2, -0.15) is 0 Å². The number of piperidine rings is 1. The number of benzene rings is 1. The van der Waals surface area contributed by atoms with E-state index in [0.29, 0.717) is 24.2 Å². The molecule has 0 bridgehead atoms. The average Bonchev–Trinajstić information content (AvgIpc) is 2.43. The van der Waals surface area contributed by atoms with Crippen LogP contribution in [-0.2, 0) is 6.54 Å². The lowest BCUT2D eigenvalue weighted by atomic mass is 9.98. The minimum Gasteiger partial charge on any atom is -0.330 e. The van der Waals surface area contributed by atoms with Crippen molar-refractivity contribution in [2.45, 2.75) is 38.3 Å². The molecule has 0 aromatic heterocycles. The molecule has 0 aliphatic carbocycles. The lowest BCUT2D eigenvalue weighted by Gasteiger charge is -2.35. The largest absolute Gasteiger partial charge is 0.330 e. The summed E-state index contributed by atoms with van der Waals surface area (Å²) in [5, 5.41) is 11.5. The Morgan fingerprint density at radius 1 is 1.45 bits per heavy atom. The number of hydrogen-bond acceptors (Lipinski definition) is 4. The molecule has 20 heavy (non-hydrogen) atoms. The molecule has 0 saturated carbocycles. The van der Waals surface area contributed by atoms with E-state index in [-0.39, 0.29) is 10.6 Å². The molecule has 6 heteroatoms. The zero-order chi connectivity index (χ0) is 14.5. The summed E-state index contributed by atoms with van der Waals surface area (Å²) < 4.78 is 0. The summed E-state index contributed by atoms with van der Waals surface area (Å²) >= 11 is 5.85. The minimum atomic E-state index is -0.358. The van der Waals surface area contributed by atoms with Gasteiger partial charge in [0.15, 0.2) is 0 Å². The topological polar surface area (TPSA) is 72.4 Å². The number of hydrogen-bond donors (Lipinski definition) is 1. The molecule has 1 saturated heterocycles. The zero-order valence-corrected chi connectivity index (χ0v) is 12.2. The number of nitrogens with two attached hydrogens (primary N) is 1. The fourth-order valence-electron chi connectivity index (χ4n) is 2.85. The molecule has 2 rings (SSSR count). The molecule has 0 radical (unpaired) electrons. The van der Waals surface area contributed by atoms with Crippen LogP contribution < -0.4 is 5.73 Å². The van der Waals surface area contributed by atoms with Crippen molar-refractivity contribution in [3.05, 3.63) is 38.9 Å². The molecule has 1 heterocycles. The highest BCUT2D eigenvalue weighted by molar-refractivity contribution is 6.30. The summed E-state index contributed by atoms with van der Waals surface area (Å²) in [6.45, 7) is 2.23. The molecule has 0 spiro atoms. The first-order valence-electron chi connectivity index (χ1n) is 6.98. The minimum absolute atomic E-state index is 0.106. The first-order chi connectivity index (χ1) is 9.61. The number of nitro benzene ring substituents is 1. The summed E-state index contributed by atoms with van der Waals surface area (Å²) in [7, 11) is 0. The number of halogens is 1. The highest BCUT2D eigenvalue weighted by Gasteiger charge is 2.24. The first kappa shape index (κ1) is 15.2. The molecule has 1 aromatic carbocycles. The van der Waals surface area contributed by atoms with E-state index in [4.69, 9.17) is 17.3 Å². The Balaban J connectivity index is 2.17. The van der Waals surface area contributed by atoms with Crippen LogP contribution in [0.4, 0.5) is 5.69 Å². The smallest absolute Gasteiger partial charge is 0.275 e. The molecular weight excluding hydrogens is 278 g/mol. The van der Waals surface area contributed by atoms with Gasteiger partial charge in [0.2, 0.25) is 0 Å². The molecule has 1 aliphatic rings. The molecule has 1 aromatic rings. The molecule has 1 aliphatic heterocycles. The van der Waals surface area contributed by atoms with Crippen molar-refractivity contribution < 1.29 is 4.92 Å². The van der Waals surface area contributed by atoms with Gasteiger partial charge in [-0.05, 0) is 44.5 Å². The fraction of sp³-hybridized carbons (Fsp3) is 0.571. The summed E-state index contributed by atoms with van der Waals surface area (Å²) in [6.07, 6.45) is 4.42. The van der Waals surface area contributed by atoms with Crippen LogP contribution in [-0.4, -0.2) is 29.0 Å². The Morgan fingerprint density at radius 3 is 2.95 bits per heavy atom. The highest BCUT2D eigenvalue weighted by Crippen LogP contribution is 2.27. The quantitative estimate of drug-likeness (QED) is 0.670. The molecule has 5 nitrogen and oxygen atoms in total. The summed E-state index contributed by atoms with van der Waals surface area (Å²) in [5.41, 5.74) is 6.49. The van der Waals surface area contributed by atoms with Crippen molar-refractivity contribution in [1.82, 2.24) is 4.90 Å². The number of likely N-dealkylation sites (tertiary alicyclic amines) is 1. The van der Waals surface area contributed by atoms with Crippen molar-refractivity contribution >= 4 is 17.3 Å². The maximum absolute atomic E-state index is 11.1. The van der Waals surface area contributed by atoms with Gasteiger partial charge in [0.25, 0.3) is 5.69 Å². The Labute approximate surface area is 123 Å². The van der Waals surface area contributed by atoms with Gasteiger partial charge in [0.1, 0.15) is 0 Å². The Morgan fingerprint density at radius 2 is 2.25 bits per heavy atom. The third-order valence-corrected chi connectivity index (χ3v) is 4.10. The van der Waals surface area contributed by atoms with E-state index < -0.39 is 0 Å². The molecule has 2 N–H and O–H groups in total. The third-order valence-electron chi connectivity index (χ3n) is 3.87. The lowest BCUT2D eigenvalue weighted by molar-refractivity contribution is -0.385. The van der Waals surface area contributed by atoms with Gasteiger partial charge in [0.05, 0.1) is 4.92 Å². The second kappa shape index (κ2) is 7.02. The molecular formula is C14H20ClN3O2. The zero-order valence-electron chi connectivity index (χ0n) is 11.4. The van der Waals surface area contributed by atoms with Crippen LogP contribution in [0.5, 0.6) is 0 Å². The SMILES string of the molecule is NCCC1CCCCN1Cc1ccc(Cl)cc1[N+](=O)[O-]. The number of rotatable bonds is 5. The van der Waals surface area contributed by atoms with Gasteiger partial charge in [-0.15, -0.1) is 0 Å². The van der Waals surface area contributed by atoms with E-state index >= 15 is 0 Å². The van der Waals surface area contributed by atoms with Crippen LogP contribution in [0.3, 0.4) is 0 Å². The molecule has 110 valence electrons. The van der Waals surface area contributed by atoms with Crippen molar-refractivity contribution in [3.63, 3.8) is 0 Å². The predicted octanol–water partition coefficient (Wildman–Crippen LogP) is 2.95. The van der Waals surface area contributed by atoms with E-state index in [2.05, 4.69) is 4.90 Å². The van der Waals surface area contributed by atoms with Gasteiger partial charge in [-0.1, -0.05) is 18.0 Å². The van der Waals surface area contributed by atoms with Gasteiger partial charge < -0.3 is 5.73 Å². The van der Waals surface area contributed by atoms with Crippen LogP contribution in [0, 0.1) is 10.1 Å². The van der Waals surface area contributed by atoms with Crippen LogP contribution in [0.25, 0.3) is 0 Å². The van der Waals surface area contributed by atoms with Crippen molar-refractivity contribution in [3.8, 4) is 0 Å². The summed E-state index contributed by atoms with van der Waals surface area (Å²) in [4.78, 5) is 13.1. The number of nitro groups is 1. The van der Waals surface area contributed by atoms with Crippen LogP contribution >= 0.6 is 11.6 Å². The standard InChI is InChI=1S/C14H20ClN3O2/c15-12-5-4-11(14(9-12)18(19)20)10-17-8-2-1-3-13(17)6-7-16/h4-5,9,13H,1-3,6-8,10,16H2. The molecule has 1 atom stereocenters. The van der Waals surface area contributed by atoms with Gasteiger partial charge in [-0.3, -0.25) is 15.0 Å². The van der Waals surface area contributed by atoms with Crippen molar-refractivity contribution in [2.24, 2.45) is 5.73 Å². The van der Waals surface area contributed by atoms with E-state index in [1.807, 2.05) is 0 Å². The second-order valence-electron chi connectivity index (χ2n) is 5.23. The Hall–Kier alpha value is -1.17. The van der Waals surface area contributed by atoms with Crippen LogP contribution in [0.2, 0.25) is 5.02 Å². The molecule has 1 unspecified atom stereocenters. The van der Waals surface area contributed by atoms with Crippen molar-refractivity contribution in [2.75, 3.05) is 13.1 Å². The average molecular weight is 298 g/mol. The van der Waals surface area contributed by atoms with Gasteiger partial charge >= 0.3 is 0 Å². The van der Waals surface area contributed by atoms with Crippen molar-refractivity contribution in [1.29, 1.82) is 0 Å². The van der Waals surface area contributed by atoms with E-state index in [0.717, 1.165) is 31.4 Å². The maximum atomic E-state index is 11.1. The first-order valence-corrected chi connectivity index (χ1v) is 7.36. The highest BCUT2D eigenvalue weighted by atomic mass is 35.5.